The van der Waals surface area contributed by atoms with Crippen LogP contribution in [0.1, 0.15) is 65.2 Å². The fraction of sp³-hybridized carbons (Fsp3) is 0.846. The van der Waals surface area contributed by atoms with Crippen molar-refractivity contribution in [2.24, 2.45) is 0 Å². The van der Waals surface area contributed by atoms with Gasteiger partial charge in [0.2, 0.25) is 0 Å². The van der Waals surface area contributed by atoms with Crippen molar-refractivity contribution in [3.63, 3.8) is 0 Å². The molecule has 0 nitrogen and oxygen atoms in total. The van der Waals surface area contributed by atoms with Gasteiger partial charge in [-0.05, 0) is 25.7 Å². The zero-order valence-corrected chi connectivity index (χ0v) is 11.4. The summed E-state index contributed by atoms with van der Waals surface area (Å²) in [5, 5.41) is 1.07. The van der Waals surface area contributed by atoms with Crippen molar-refractivity contribution in [2.45, 2.75) is 65.2 Å². The summed E-state index contributed by atoms with van der Waals surface area (Å²) in [5.74, 6) is 0. The maximum atomic E-state index is 3.57. The predicted molar refractivity (Wildman–Crippen MR) is 70.2 cm³/mol. The van der Waals surface area contributed by atoms with E-state index in [1.807, 2.05) is 0 Å². The molecule has 0 aliphatic rings. The molecule has 0 unspecified atom stereocenters. The average Bonchev–Trinajstić information content (AvgIpc) is 2.22. The van der Waals surface area contributed by atoms with Crippen molar-refractivity contribution in [3.05, 3.63) is 11.6 Å². The molecule has 14 heavy (non-hydrogen) atoms. The lowest BCUT2D eigenvalue weighted by Crippen LogP contribution is -1.86. The van der Waals surface area contributed by atoms with Gasteiger partial charge >= 0.3 is 0 Å². The van der Waals surface area contributed by atoms with Crippen LogP contribution in [0.3, 0.4) is 0 Å². The average molecular weight is 261 g/mol. The minimum Gasteiger partial charge on any atom is -0.0880 e. The quantitative estimate of drug-likeness (QED) is 0.293. The molecule has 1 heteroatoms. The van der Waals surface area contributed by atoms with Crippen molar-refractivity contribution in [3.8, 4) is 0 Å². The number of allylic oxidation sites excluding steroid dienone is 2. The molecule has 84 valence electrons. The van der Waals surface area contributed by atoms with Crippen LogP contribution in [0.5, 0.6) is 0 Å². The first-order valence-corrected chi connectivity index (χ1v) is 7.21. The van der Waals surface area contributed by atoms with Crippen LogP contribution >= 0.6 is 15.9 Å². The molecule has 0 saturated heterocycles. The molecule has 0 bridgehead atoms. The molecule has 0 radical (unpaired) electrons. The highest BCUT2D eigenvalue weighted by Gasteiger charge is 1.95. The van der Waals surface area contributed by atoms with E-state index >= 15 is 0 Å². The maximum Gasteiger partial charge on any atom is 0.0241 e. The number of halogens is 1. The Morgan fingerprint density at radius 3 is 2.21 bits per heavy atom. The molecular weight excluding hydrogens is 236 g/mol. The predicted octanol–water partition coefficient (Wildman–Crippen LogP) is 5.47. The van der Waals surface area contributed by atoms with Gasteiger partial charge in [-0.15, -0.1) is 0 Å². The minimum absolute atomic E-state index is 1.07. The van der Waals surface area contributed by atoms with E-state index in [0.717, 1.165) is 5.33 Å². The Bertz CT molecular complexity index is 138. The largest absolute Gasteiger partial charge is 0.0880 e. The molecule has 0 N–H and O–H groups in total. The molecule has 0 aliphatic carbocycles. The molecule has 0 rings (SSSR count). The van der Waals surface area contributed by atoms with E-state index in [1.54, 1.807) is 5.57 Å². The zero-order valence-electron chi connectivity index (χ0n) is 9.82. The van der Waals surface area contributed by atoms with E-state index in [0.29, 0.717) is 0 Å². The van der Waals surface area contributed by atoms with Gasteiger partial charge in [-0.3, -0.25) is 0 Å². The van der Waals surface area contributed by atoms with Crippen LogP contribution in [-0.2, 0) is 0 Å². The van der Waals surface area contributed by atoms with Gasteiger partial charge < -0.3 is 0 Å². The number of hydrogen-bond donors (Lipinski definition) is 0. The monoisotopic (exact) mass is 260 g/mol. The molecule has 0 saturated carbocycles. The summed E-state index contributed by atoms with van der Waals surface area (Å²) < 4.78 is 0. The van der Waals surface area contributed by atoms with E-state index in [-0.39, 0.29) is 0 Å². The van der Waals surface area contributed by atoms with Crippen molar-refractivity contribution in [1.29, 1.82) is 0 Å². The van der Waals surface area contributed by atoms with Crippen molar-refractivity contribution >= 4 is 15.9 Å². The topological polar surface area (TPSA) is 0 Å². The lowest BCUT2D eigenvalue weighted by atomic mass is 10.1. The van der Waals surface area contributed by atoms with Crippen LogP contribution < -0.4 is 0 Å². The number of alkyl halides is 1. The normalized spacial score (nSPS) is 12.1. The number of unbranched alkanes of at least 4 members (excludes halogenated alkanes) is 5. The summed E-state index contributed by atoms with van der Waals surface area (Å²) >= 11 is 3.57. The highest BCUT2D eigenvalue weighted by atomic mass is 79.9. The molecule has 0 spiro atoms. The van der Waals surface area contributed by atoms with Crippen LogP contribution in [-0.4, -0.2) is 5.33 Å². The Morgan fingerprint density at radius 1 is 1.00 bits per heavy atom. The third-order valence-electron chi connectivity index (χ3n) is 2.51. The van der Waals surface area contributed by atoms with E-state index in [2.05, 4.69) is 35.9 Å². The fourth-order valence-electron chi connectivity index (χ4n) is 1.53. The second-order valence-electron chi connectivity index (χ2n) is 3.95. The Hall–Kier alpha value is 0.220. The van der Waals surface area contributed by atoms with E-state index in [1.165, 1.54) is 51.4 Å². The van der Waals surface area contributed by atoms with E-state index < -0.39 is 0 Å². The van der Waals surface area contributed by atoms with Crippen molar-refractivity contribution in [1.82, 2.24) is 0 Å². The smallest absolute Gasteiger partial charge is 0.0241 e. The molecule has 0 aromatic heterocycles. The van der Waals surface area contributed by atoms with Crippen LogP contribution in [0.15, 0.2) is 11.6 Å². The van der Waals surface area contributed by atoms with Gasteiger partial charge in [0, 0.05) is 5.33 Å². The molecule has 0 fully saturated rings. The highest BCUT2D eigenvalue weighted by Crippen LogP contribution is 2.13. The first kappa shape index (κ1) is 14.2. The maximum absolute atomic E-state index is 3.57. The van der Waals surface area contributed by atoms with Crippen molar-refractivity contribution in [2.75, 3.05) is 5.33 Å². The molecule has 0 aromatic carbocycles. The second-order valence-corrected chi connectivity index (χ2v) is 4.51. The summed E-state index contributed by atoms with van der Waals surface area (Å²) in [6.07, 6.45) is 13.1. The van der Waals surface area contributed by atoms with Crippen LogP contribution in [0.25, 0.3) is 0 Å². The van der Waals surface area contributed by atoms with E-state index in [9.17, 15) is 0 Å². The molecule has 0 aromatic rings. The van der Waals surface area contributed by atoms with Gasteiger partial charge in [-0.2, -0.15) is 0 Å². The summed E-state index contributed by atoms with van der Waals surface area (Å²) in [6, 6.07) is 0. The molecule has 0 amide bonds. The molecule has 0 heterocycles. The number of hydrogen-bond acceptors (Lipinski definition) is 0. The lowest BCUT2D eigenvalue weighted by Gasteiger charge is -2.03. The Balaban J connectivity index is 3.53. The second kappa shape index (κ2) is 11.3. The third-order valence-corrected chi connectivity index (χ3v) is 3.23. The Labute approximate surface area is 98.3 Å². The van der Waals surface area contributed by atoms with Crippen molar-refractivity contribution < 1.29 is 0 Å². The van der Waals surface area contributed by atoms with Gasteiger partial charge in [-0.25, -0.2) is 0 Å². The first-order chi connectivity index (χ1) is 6.85. The van der Waals surface area contributed by atoms with Crippen LogP contribution in [0.4, 0.5) is 0 Å². The standard InChI is InChI=1S/C13H25Br/c1-3-5-7-9-11-13(12-14)10-8-6-4-2/h11H,3-10,12H2,1-2H3. The number of rotatable bonds is 9. The van der Waals surface area contributed by atoms with Gasteiger partial charge in [0.15, 0.2) is 0 Å². The Kier molecular flexibility index (Phi) is 11.5. The molecular formula is C13H25Br. The third kappa shape index (κ3) is 8.80. The summed E-state index contributed by atoms with van der Waals surface area (Å²) in [4.78, 5) is 0. The lowest BCUT2D eigenvalue weighted by molar-refractivity contribution is 0.702. The molecule has 0 aliphatic heterocycles. The highest BCUT2D eigenvalue weighted by molar-refractivity contribution is 9.09. The SMILES string of the molecule is CCCCCC=C(CBr)CCCCC. The zero-order chi connectivity index (χ0) is 10.6. The minimum atomic E-state index is 1.07. The van der Waals surface area contributed by atoms with Crippen LogP contribution in [0, 0.1) is 0 Å². The van der Waals surface area contributed by atoms with Gasteiger partial charge in [0.05, 0.1) is 0 Å². The van der Waals surface area contributed by atoms with Crippen LogP contribution in [0.2, 0.25) is 0 Å². The fourth-order valence-corrected chi connectivity index (χ4v) is 2.04. The summed E-state index contributed by atoms with van der Waals surface area (Å²) in [6.45, 7) is 4.52. The summed E-state index contributed by atoms with van der Waals surface area (Å²) in [7, 11) is 0. The van der Waals surface area contributed by atoms with E-state index in [4.69, 9.17) is 0 Å². The molecule has 0 atom stereocenters. The van der Waals surface area contributed by atoms with Gasteiger partial charge in [0.25, 0.3) is 0 Å². The summed E-state index contributed by atoms with van der Waals surface area (Å²) in [5.41, 5.74) is 1.61. The van der Waals surface area contributed by atoms with Gasteiger partial charge in [0.1, 0.15) is 0 Å². The Morgan fingerprint density at radius 2 is 1.64 bits per heavy atom. The van der Waals surface area contributed by atoms with Gasteiger partial charge in [-0.1, -0.05) is 67.1 Å². The first-order valence-electron chi connectivity index (χ1n) is 6.09.